The monoisotopic (exact) mass is 142 g/mol. The summed E-state index contributed by atoms with van der Waals surface area (Å²) in [6, 6.07) is 0. The molecular formula is C8H14O2. The third-order valence-electron chi connectivity index (χ3n) is 1.50. The lowest BCUT2D eigenvalue weighted by atomic mass is 9.98. The highest BCUT2D eigenvalue weighted by Gasteiger charge is 2.10. The average Bonchev–Trinajstić information content (AvgIpc) is 1.87. The lowest BCUT2D eigenvalue weighted by Gasteiger charge is -2.07. The van der Waals surface area contributed by atoms with Crippen molar-refractivity contribution < 1.29 is 9.90 Å². The molecule has 0 aliphatic rings. The average molecular weight is 142 g/mol. The van der Waals surface area contributed by atoms with Gasteiger partial charge in [0.2, 0.25) is 0 Å². The molecule has 1 N–H and O–H groups in total. The molecule has 0 aliphatic heterocycles. The molecule has 58 valence electrons. The highest BCUT2D eigenvalue weighted by molar-refractivity contribution is 5.78. The molecule has 0 radical (unpaired) electrons. The van der Waals surface area contributed by atoms with Gasteiger partial charge in [-0.2, -0.15) is 0 Å². The second-order valence-electron chi connectivity index (χ2n) is 2.34. The number of carbonyl (C=O) groups excluding carboxylic acids is 1. The van der Waals surface area contributed by atoms with Crippen molar-refractivity contribution in [2.24, 2.45) is 5.92 Å². The van der Waals surface area contributed by atoms with Crippen molar-refractivity contribution in [2.45, 2.75) is 19.8 Å². The van der Waals surface area contributed by atoms with Crippen LogP contribution in [0.3, 0.4) is 0 Å². The zero-order chi connectivity index (χ0) is 7.98. The number of ketones is 1. The summed E-state index contributed by atoms with van der Waals surface area (Å²) in [5.41, 5.74) is 0. The Morgan fingerprint density at radius 3 is 2.70 bits per heavy atom. The Hall–Kier alpha value is -0.630. The molecule has 0 aromatic heterocycles. The van der Waals surface area contributed by atoms with Crippen molar-refractivity contribution >= 4 is 5.78 Å². The Labute approximate surface area is 61.6 Å². The first-order chi connectivity index (χ1) is 4.72. The van der Waals surface area contributed by atoms with E-state index in [1.54, 1.807) is 13.0 Å². The van der Waals surface area contributed by atoms with Gasteiger partial charge in [-0.05, 0) is 19.8 Å². The van der Waals surface area contributed by atoms with Crippen molar-refractivity contribution in [2.75, 3.05) is 6.61 Å². The van der Waals surface area contributed by atoms with E-state index in [9.17, 15) is 4.79 Å². The van der Waals surface area contributed by atoms with Gasteiger partial charge in [0.25, 0.3) is 0 Å². The van der Waals surface area contributed by atoms with E-state index >= 15 is 0 Å². The summed E-state index contributed by atoms with van der Waals surface area (Å²) < 4.78 is 0. The number of aliphatic hydroxyl groups is 1. The van der Waals surface area contributed by atoms with Gasteiger partial charge in [-0.3, -0.25) is 4.79 Å². The number of Topliss-reactive ketones (excluding diaryl/α,β-unsaturated/α-hetero) is 1. The smallest absolute Gasteiger partial charge is 0.133 e. The second-order valence-corrected chi connectivity index (χ2v) is 2.34. The molecule has 0 heterocycles. The van der Waals surface area contributed by atoms with Crippen LogP contribution in [-0.2, 0) is 4.79 Å². The summed E-state index contributed by atoms with van der Waals surface area (Å²) in [6.07, 6.45) is 2.94. The van der Waals surface area contributed by atoms with E-state index in [0.29, 0.717) is 12.8 Å². The van der Waals surface area contributed by atoms with E-state index in [1.165, 1.54) is 0 Å². The van der Waals surface area contributed by atoms with Gasteiger partial charge >= 0.3 is 0 Å². The molecular weight excluding hydrogens is 128 g/mol. The molecule has 2 nitrogen and oxygen atoms in total. The van der Waals surface area contributed by atoms with Crippen LogP contribution in [0.25, 0.3) is 0 Å². The Morgan fingerprint density at radius 1 is 1.80 bits per heavy atom. The molecule has 0 aromatic carbocycles. The quantitative estimate of drug-likeness (QED) is 0.585. The highest BCUT2D eigenvalue weighted by atomic mass is 16.3. The SMILES string of the molecule is C=CCC(CCO)C(C)=O. The second kappa shape index (κ2) is 5.18. The van der Waals surface area contributed by atoms with Crippen molar-refractivity contribution in [1.29, 1.82) is 0 Å². The normalized spacial score (nSPS) is 12.6. The molecule has 0 amide bonds. The predicted octanol–water partition coefficient (Wildman–Crippen LogP) is 1.15. The minimum Gasteiger partial charge on any atom is -0.396 e. The molecule has 10 heavy (non-hydrogen) atoms. The van der Waals surface area contributed by atoms with Crippen LogP contribution in [0.15, 0.2) is 12.7 Å². The number of carbonyl (C=O) groups is 1. The third-order valence-corrected chi connectivity index (χ3v) is 1.50. The molecule has 1 atom stereocenters. The third kappa shape index (κ3) is 3.41. The topological polar surface area (TPSA) is 37.3 Å². The van der Waals surface area contributed by atoms with Gasteiger partial charge in [0, 0.05) is 12.5 Å². The van der Waals surface area contributed by atoms with Crippen LogP contribution in [-0.4, -0.2) is 17.5 Å². The van der Waals surface area contributed by atoms with Crippen molar-refractivity contribution in [3.05, 3.63) is 12.7 Å². The fourth-order valence-corrected chi connectivity index (χ4v) is 0.844. The van der Waals surface area contributed by atoms with Gasteiger partial charge in [0.1, 0.15) is 5.78 Å². The first-order valence-electron chi connectivity index (χ1n) is 3.44. The fraction of sp³-hybridized carbons (Fsp3) is 0.625. The molecule has 0 saturated heterocycles. The zero-order valence-electron chi connectivity index (χ0n) is 6.34. The maximum atomic E-state index is 10.8. The van der Waals surface area contributed by atoms with Crippen molar-refractivity contribution in [1.82, 2.24) is 0 Å². The lowest BCUT2D eigenvalue weighted by Crippen LogP contribution is -2.11. The van der Waals surface area contributed by atoms with Gasteiger partial charge in [0.05, 0.1) is 0 Å². The number of rotatable bonds is 5. The largest absolute Gasteiger partial charge is 0.396 e. The standard InChI is InChI=1S/C8H14O2/c1-3-4-8(5-6-9)7(2)10/h3,8-9H,1,4-6H2,2H3. The fourth-order valence-electron chi connectivity index (χ4n) is 0.844. The van der Waals surface area contributed by atoms with Gasteiger partial charge in [-0.15, -0.1) is 6.58 Å². The molecule has 0 aromatic rings. The summed E-state index contributed by atoms with van der Waals surface area (Å²) in [4.78, 5) is 10.8. The van der Waals surface area contributed by atoms with Crippen LogP contribution < -0.4 is 0 Å². The molecule has 0 spiro atoms. The van der Waals surface area contributed by atoms with E-state index in [-0.39, 0.29) is 18.3 Å². The molecule has 0 saturated carbocycles. The zero-order valence-corrected chi connectivity index (χ0v) is 6.34. The molecule has 0 fully saturated rings. The summed E-state index contributed by atoms with van der Waals surface area (Å²) in [5, 5.41) is 8.53. The molecule has 0 aliphatic carbocycles. The van der Waals surface area contributed by atoms with Crippen molar-refractivity contribution in [3.8, 4) is 0 Å². The molecule has 1 unspecified atom stereocenters. The van der Waals surface area contributed by atoms with Crippen molar-refractivity contribution in [3.63, 3.8) is 0 Å². The highest BCUT2D eigenvalue weighted by Crippen LogP contribution is 2.09. The summed E-state index contributed by atoms with van der Waals surface area (Å²) in [5.74, 6) is 0.108. The van der Waals surface area contributed by atoms with E-state index in [2.05, 4.69) is 6.58 Å². The molecule has 0 bridgehead atoms. The van der Waals surface area contributed by atoms with E-state index in [1.807, 2.05) is 0 Å². The Balaban J connectivity index is 3.71. The predicted molar refractivity (Wildman–Crippen MR) is 40.7 cm³/mol. The Bertz CT molecular complexity index is 118. The van der Waals surface area contributed by atoms with E-state index in [0.717, 1.165) is 0 Å². The maximum absolute atomic E-state index is 10.8. The minimum absolute atomic E-state index is 0.0255. The summed E-state index contributed by atoms with van der Waals surface area (Å²) in [6.45, 7) is 5.16. The lowest BCUT2D eigenvalue weighted by molar-refractivity contribution is -0.121. The van der Waals surface area contributed by atoms with Crippen LogP contribution in [0.1, 0.15) is 19.8 Å². The number of hydrogen-bond donors (Lipinski definition) is 1. The Kier molecular flexibility index (Phi) is 4.85. The van der Waals surface area contributed by atoms with Crippen LogP contribution in [0, 0.1) is 5.92 Å². The number of aliphatic hydroxyl groups excluding tert-OH is 1. The number of allylic oxidation sites excluding steroid dienone is 1. The van der Waals surface area contributed by atoms with Crippen LogP contribution in [0.4, 0.5) is 0 Å². The summed E-state index contributed by atoms with van der Waals surface area (Å²) >= 11 is 0. The Morgan fingerprint density at radius 2 is 2.40 bits per heavy atom. The first kappa shape index (κ1) is 9.37. The maximum Gasteiger partial charge on any atom is 0.133 e. The minimum atomic E-state index is -0.0255. The van der Waals surface area contributed by atoms with Gasteiger partial charge in [0.15, 0.2) is 0 Å². The molecule has 0 rings (SSSR count). The van der Waals surface area contributed by atoms with Crippen LogP contribution in [0.5, 0.6) is 0 Å². The van der Waals surface area contributed by atoms with Crippen LogP contribution in [0.2, 0.25) is 0 Å². The van der Waals surface area contributed by atoms with Crippen LogP contribution >= 0.6 is 0 Å². The van der Waals surface area contributed by atoms with E-state index in [4.69, 9.17) is 5.11 Å². The van der Waals surface area contributed by atoms with Gasteiger partial charge in [-0.25, -0.2) is 0 Å². The summed E-state index contributed by atoms with van der Waals surface area (Å²) in [7, 11) is 0. The molecule has 2 heteroatoms. The first-order valence-corrected chi connectivity index (χ1v) is 3.44. The van der Waals surface area contributed by atoms with Gasteiger partial charge in [-0.1, -0.05) is 6.08 Å². The van der Waals surface area contributed by atoms with E-state index < -0.39 is 0 Å². The number of hydrogen-bond acceptors (Lipinski definition) is 2. The van der Waals surface area contributed by atoms with Gasteiger partial charge < -0.3 is 5.11 Å².